The summed E-state index contributed by atoms with van der Waals surface area (Å²) in [5, 5.41) is 12.5. The standard InChI is InChI=1S/C17H19FN2O4S/c1-10-14(15(21)20-17(2,9-24-3)16(22)23)25-13(19-10)8-11-4-6-12(18)7-5-11/h4-7H,8-9H2,1-3H3,(H,20,21)(H,22,23). The van der Waals surface area contributed by atoms with Gasteiger partial charge in [0, 0.05) is 13.5 Å². The number of hydrogen-bond donors (Lipinski definition) is 2. The molecule has 0 aliphatic carbocycles. The van der Waals surface area contributed by atoms with Gasteiger partial charge in [0.2, 0.25) is 0 Å². The van der Waals surface area contributed by atoms with E-state index in [9.17, 15) is 19.1 Å². The second kappa shape index (κ2) is 7.71. The number of carboxylic acids is 1. The van der Waals surface area contributed by atoms with Crippen molar-refractivity contribution in [1.29, 1.82) is 0 Å². The van der Waals surface area contributed by atoms with Gasteiger partial charge in [0.05, 0.1) is 17.3 Å². The average Bonchev–Trinajstić information content (AvgIpc) is 2.90. The molecule has 0 bridgehead atoms. The zero-order valence-electron chi connectivity index (χ0n) is 14.1. The van der Waals surface area contributed by atoms with E-state index in [2.05, 4.69) is 10.3 Å². The fourth-order valence-electron chi connectivity index (χ4n) is 2.26. The Kier molecular flexibility index (Phi) is 5.86. The monoisotopic (exact) mass is 366 g/mol. The molecule has 0 saturated carbocycles. The van der Waals surface area contributed by atoms with E-state index >= 15 is 0 Å². The summed E-state index contributed by atoms with van der Waals surface area (Å²) in [5.74, 6) is -2.01. The van der Waals surface area contributed by atoms with Crippen molar-refractivity contribution in [2.24, 2.45) is 0 Å². The number of nitrogens with zero attached hydrogens (tertiary/aromatic N) is 1. The summed E-state index contributed by atoms with van der Waals surface area (Å²) in [4.78, 5) is 28.6. The first-order chi connectivity index (χ1) is 11.7. The van der Waals surface area contributed by atoms with E-state index in [1.54, 1.807) is 19.1 Å². The van der Waals surface area contributed by atoms with Crippen molar-refractivity contribution in [3.8, 4) is 0 Å². The normalized spacial score (nSPS) is 13.3. The summed E-state index contributed by atoms with van der Waals surface area (Å²) >= 11 is 1.19. The van der Waals surface area contributed by atoms with E-state index in [4.69, 9.17) is 4.74 Å². The number of ether oxygens (including phenoxy) is 1. The predicted molar refractivity (Wildman–Crippen MR) is 91.4 cm³/mol. The number of rotatable bonds is 7. The van der Waals surface area contributed by atoms with Crippen LogP contribution in [0.25, 0.3) is 0 Å². The van der Waals surface area contributed by atoms with E-state index in [1.165, 1.54) is 37.5 Å². The van der Waals surface area contributed by atoms with E-state index < -0.39 is 17.4 Å². The number of methoxy groups -OCH3 is 1. The fraction of sp³-hybridized carbons (Fsp3) is 0.353. The van der Waals surface area contributed by atoms with Gasteiger partial charge in [0.15, 0.2) is 5.54 Å². The lowest BCUT2D eigenvalue weighted by Crippen LogP contribution is -2.55. The lowest BCUT2D eigenvalue weighted by Gasteiger charge is -2.24. The molecule has 2 aromatic rings. The molecule has 1 unspecified atom stereocenters. The summed E-state index contributed by atoms with van der Waals surface area (Å²) < 4.78 is 17.9. The van der Waals surface area contributed by atoms with Gasteiger partial charge in [-0.05, 0) is 31.5 Å². The summed E-state index contributed by atoms with van der Waals surface area (Å²) in [6.07, 6.45) is 0.466. The maximum absolute atomic E-state index is 13.0. The minimum Gasteiger partial charge on any atom is -0.479 e. The number of aryl methyl sites for hydroxylation is 1. The van der Waals surface area contributed by atoms with E-state index in [1.807, 2.05) is 0 Å². The number of nitrogens with one attached hydrogen (secondary N) is 1. The van der Waals surface area contributed by atoms with Crippen LogP contribution in [0, 0.1) is 12.7 Å². The molecule has 1 aromatic carbocycles. The molecule has 0 saturated heterocycles. The fourth-order valence-corrected chi connectivity index (χ4v) is 3.26. The second-order valence-corrected chi connectivity index (χ2v) is 6.93. The summed E-state index contributed by atoms with van der Waals surface area (Å²) in [6.45, 7) is 2.91. The van der Waals surface area contributed by atoms with Gasteiger partial charge in [0.1, 0.15) is 10.7 Å². The minimum absolute atomic E-state index is 0.158. The molecule has 0 aliphatic rings. The molecule has 0 radical (unpaired) electrons. The van der Waals surface area contributed by atoms with Gasteiger partial charge in [0.25, 0.3) is 5.91 Å². The third-order valence-corrected chi connectivity index (χ3v) is 4.77. The number of halogens is 1. The molecular weight excluding hydrogens is 347 g/mol. The Bertz CT molecular complexity index is 775. The molecule has 134 valence electrons. The van der Waals surface area contributed by atoms with E-state index in [-0.39, 0.29) is 12.4 Å². The molecule has 0 spiro atoms. The Morgan fingerprint density at radius 3 is 2.56 bits per heavy atom. The Labute approximate surface area is 148 Å². The molecular formula is C17H19FN2O4S. The lowest BCUT2D eigenvalue weighted by molar-refractivity contribution is -0.145. The van der Waals surface area contributed by atoms with Crippen molar-refractivity contribution in [2.45, 2.75) is 25.8 Å². The molecule has 25 heavy (non-hydrogen) atoms. The molecule has 0 aliphatic heterocycles. The number of hydrogen-bond acceptors (Lipinski definition) is 5. The number of aromatic nitrogens is 1. The SMILES string of the molecule is COCC(C)(NC(=O)c1sc(Cc2ccc(F)cc2)nc1C)C(=O)O. The van der Waals surface area contributed by atoms with Crippen LogP contribution in [0.5, 0.6) is 0 Å². The van der Waals surface area contributed by atoms with Gasteiger partial charge in [-0.15, -0.1) is 11.3 Å². The van der Waals surface area contributed by atoms with Gasteiger partial charge in [-0.25, -0.2) is 14.2 Å². The maximum Gasteiger partial charge on any atom is 0.331 e. The summed E-state index contributed by atoms with van der Waals surface area (Å²) in [5.41, 5.74) is -0.138. The zero-order valence-corrected chi connectivity index (χ0v) is 14.9. The second-order valence-electron chi connectivity index (χ2n) is 5.85. The van der Waals surface area contributed by atoms with Crippen LogP contribution in [0.3, 0.4) is 0 Å². The maximum atomic E-state index is 13.0. The van der Waals surface area contributed by atoms with Crippen LogP contribution in [0.2, 0.25) is 0 Å². The summed E-state index contributed by atoms with van der Waals surface area (Å²) in [6, 6.07) is 6.05. The molecule has 1 amide bonds. The van der Waals surface area contributed by atoms with Crippen molar-refractivity contribution in [3.63, 3.8) is 0 Å². The van der Waals surface area contributed by atoms with Crippen LogP contribution < -0.4 is 5.32 Å². The van der Waals surface area contributed by atoms with Gasteiger partial charge < -0.3 is 15.2 Å². The molecule has 1 heterocycles. The van der Waals surface area contributed by atoms with Crippen LogP contribution >= 0.6 is 11.3 Å². The van der Waals surface area contributed by atoms with Crippen LogP contribution in [0.4, 0.5) is 4.39 Å². The smallest absolute Gasteiger partial charge is 0.331 e. The first-order valence-corrected chi connectivity index (χ1v) is 8.32. The number of thiazole rings is 1. The largest absolute Gasteiger partial charge is 0.479 e. The molecule has 2 N–H and O–H groups in total. The highest BCUT2D eigenvalue weighted by Gasteiger charge is 2.36. The number of carboxylic acid groups (broad SMARTS) is 1. The minimum atomic E-state index is -1.53. The van der Waals surface area contributed by atoms with E-state index in [0.29, 0.717) is 22.0 Å². The molecule has 1 aromatic heterocycles. The lowest BCUT2D eigenvalue weighted by atomic mass is 10.0. The highest BCUT2D eigenvalue weighted by molar-refractivity contribution is 7.13. The third-order valence-electron chi connectivity index (χ3n) is 3.61. The number of carbonyl (C=O) groups excluding carboxylic acids is 1. The summed E-state index contributed by atoms with van der Waals surface area (Å²) in [7, 11) is 1.37. The number of amides is 1. The molecule has 8 heteroatoms. The van der Waals surface area contributed by atoms with Gasteiger partial charge in [-0.2, -0.15) is 0 Å². The van der Waals surface area contributed by atoms with Crippen LogP contribution in [0.1, 0.15) is 32.9 Å². The van der Waals surface area contributed by atoms with Crippen LogP contribution in [-0.2, 0) is 16.0 Å². The topological polar surface area (TPSA) is 88.5 Å². The molecule has 1 atom stereocenters. The molecule has 6 nitrogen and oxygen atoms in total. The zero-order chi connectivity index (χ0) is 18.6. The van der Waals surface area contributed by atoms with Crippen molar-refractivity contribution < 1.29 is 23.8 Å². The number of carbonyl (C=O) groups is 2. The molecule has 2 rings (SSSR count). The third kappa shape index (κ3) is 4.61. The Balaban J connectivity index is 2.17. The van der Waals surface area contributed by atoms with Gasteiger partial charge in [-0.1, -0.05) is 12.1 Å². The number of aliphatic carboxylic acids is 1. The Morgan fingerprint density at radius 1 is 1.36 bits per heavy atom. The van der Waals surface area contributed by atoms with Crippen molar-refractivity contribution in [2.75, 3.05) is 13.7 Å². The van der Waals surface area contributed by atoms with Gasteiger partial charge >= 0.3 is 5.97 Å². The van der Waals surface area contributed by atoms with Crippen LogP contribution in [0.15, 0.2) is 24.3 Å². The van der Waals surface area contributed by atoms with Crippen molar-refractivity contribution >= 4 is 23.2 Å². The van der Waals surface area contributed by atoms with E-state index in [0.717, 1.165) is 5.56 Å². The highest BCUT2D eigenvalue weighted by Crippen LogP contribution is 2.22. The number of benzene rings is 1. The quantitative estimate of drug-likeness (QED) is 0.786. The first kappa shape index (κ1) is 19.0. The van der Waals surface area contributed by atoms with Crippen molar-refractivity contribution in [1.82, 2.24) is 10.3 Å². The average molecular weight is 366 g/mol. The molecule has 0 fully saturated rings. The van der Waals surface area contributed by atoms with Gasteiger partial charge in [-0.3, -0.25) is 4.79 Å². The Hall–Kier alpha value is -2.32. The van der Waals surface area contributed by atoms with Crippen LogP contribution in [-0.4, -0.2) is 41.2 Å². The Morgan fingerprint density at radius 2 is 2.00 bits per heavy atom. The highest BCUT2D eigenvalue weighted by atomic mass is 32.1. The predicted octanol–water partition coefficient (Wildman–Crippen LogP) is 2.40. The first-order valence-electron chi connectivity index (χ1n) is 7.51. The van der Waals surface area contributed by atoms with Crippen molar-refractivity contribution in [3.05, 3.63) is 51.2 Å².